The summed E-state index contributed by atoms with van der Waals surface area (Å²) in [5, 5.41) is 4.23. The van der Waals surface area contributed by atoms with Crippen molar-refractivity contribution in [3.05, 3.63) is 47.8 Å². The topological polar surface area (TPSA) is 81.2 Å². The Labute approximate surface area is 123 Å². The first-order valence-corrected chi connectivity index (χ1v) is 6.64. The Morgan fingerprint density at radius 2 is 1.86 bits per heavy atom. The number of hydrogen-bond donors (Lipinski definition) is 1. The van der Waals surface area contributed by atoms with Gasteiger partial charge in [0, 0.05) is 19.2 Å². The number of para-hydroxylation sites is 1. The van der Waals surface area contributed by atoms with Gasteiger partial charge >= 0.3 is 0 Å². The Morgan fingerprint density at radius 3 is 2.38 bits per heavy atom. The second-order valence-corrected chi connectivity index (χ2v) is 5.04. The summed E-state index contributed by atoms with van der Waals surface area (Å²) in [5.41, 5.74) is 6.44. The highest BCUT2D eigenvalue weighted by Crippen LogP contribution is 2.14. The molecule has 0 radical (unpaired) electrons. The summed E-state index contributed by atoms with van der Waals surface area (Å²) in [7, 11) is 1.69. The predicted molar refractivity (Wildman–Crippen MR) is 79.3 cm³/mol. The Bertz CT molecular complexity index is 662. The number of nitrogens with two attached hydrogens (primary N) is 1. The SMILES string of the molecule is CC(C)N(C)C(=O)c1cc(C(N)=O)n(-c2ccccc2)n1. The molecule has 2 N–H and O–H groups in total. The van der Waals surface area contributed by atoms with E-state index in [9.17, 15) is 9.59 Å². The van der Waals surface area contributed by atoms with Gasteiger partial charge in [0.05, 0.1) is 5.69 Å². The molecule has 2 rings (SSSR count). The van der Waals surface area contributed by atoms with Crippen LogP contribution in [0, 0.1) is 0 Å². The van der Waals surface area contributed by atoms with Gasteiger partial charge in [0.2, 0.25) is 0 Å². The van der Waals surface area contributed by atoms with Crippen molar-refractivity contribution in [2.45, 2.75) is 19.9 Å². The van der Waals surface area contributed by atoms with E-state index in [1.54, 1.807) is 24.1 Å². The van der Waals surface area contributed by atoms with Gasteiger partial charge in [-0.25, -0.2) is 4.68 Å². The van der Waals surface area contributed by atoms with Gasteiger partial charge in [-0.2, -0.15) is 5.10 Å². The van der Waals surface area contributed by atoms with Gasteiger partial charge in [0.15, 0.2) is 5.69 Å². The average Bonchev–Trinajstić information content (AvgIpc) is 2.91. The van der Waals surface area contributed by atoms with Crippen LogP contribution in [0.4, 0.5) is 0 Å². The molecule has 0 aliphatic rings. The van der Waals surface area contributed by atoms with Crippen LogP contribution in [0.5, 0.6) is 0 Å². The molecule has 0 fully saturated rings. The van der Waals surface area contributed by atoms with Gasteiger partial charge in [-0.3, -0.25) is 9.59 Å². The van der Waals surface area contributed by atoms with Crippen molar-refractivity contribution in [1.29, 1.82) is 0 Å². The van der Waals surface area contributed by atoms with Crippen LogP contribution in [0.3, 0.4) is 0 Å². The van der Waals surface area contributed by atoms with Crippen LogP contribution in [-0.2, 0) is 0 Å². The Kier molecular flexibility index (Phi) is 4.07. The molecule has 6 heteroatoms. The molecule has 0 saturated heterocycles. The predicted octanol–water partition coefficient (Wildman–Crippen LogP) is 1.45. The minimum atomic E-state index is -0.627. The van der Waals surface area contributed by atoms with Crippen molar-refractivity contribution in [1.82, 2.24) is 14.7 Å². The molecule has 1 heterocycles. The third-order valence-electron chi connectivity index (χ3n) is 3.28. The van der Waals surface area contributed by atoms with Gasteiger partial charge in [-0.1, -0.05) is 18.2 Å². The molecule has 2 amide bonds. The van der Waals surface area contributed by atoms with Crippen LogP contribution in [-0.4, -0.2) is 39.6 Å². The molecule has 0 aliphatic carbocycles. The van der Waals surface area contributed by atoms with Crippen molar-refractivity contribution in [3.63, 3.8) is 0 Å². The van der Waals surface area contributed by atoms with E-state index in [1.807, 2.05) is 32.0 Å². The van der Waals surface area contributed by atoms with E-state index in [0.29, 0.717) is 5.69 Å². The number of aromatic nitrogens is 2. The molecular weight excluding hydrogens is 268 g/mol. The summed E-state index contributed by atoms with van der Waals surface area (Å²) >= 11 is 0. The van der Waals surface area contributed by atoms with Crippen molar-refractivity contribution >= 4 is 11.8 Å². The minimum absolute atomic E-state index is 0.0383. The summed E-state index contributed by atoms with van der Waals surface area (Å²) < 4.78 is 1.39. The summed E-state index contributed by atoms with van der Waals surface area (Å²) in [6.07, 6.45) is 0. The van der Waals surface area contributed by atoms with E-state index < -0.39 is 5.91 Å². The Hall–Kier alpha value is -2.63. The monoisotopic (exact) mass is 286 g/mol. The van der Waals surface area contributed by atoms with E-state index in [4.69, 9.17) is 5.73 Å². The van der Waals surface area contributed by atoms with Crippen LogP contribution < -0.4 is 5.73 Å². The maximum Gasteiger partial charge on any atom is 0.274 e. The average molecular weight is 286 g/mol. The molecule has 0 unspecified atom stereocenters. The zero-order valence-corrected chi connectivity index (χ0v) is 12.3. The lowest BCUT2D eigenvalue weighted by Gasteiger charge is -2.19. The maximum atomic E-state index is 12.3. The van der Waals surface area contributed by atoms with Crippen LogP contribution in [0.25, 0.3) is 5.69 Å². The maximum absolute atomic E-state index is 12.3. The molecule has 110 valence electrons. The lowest BCUT2D eigenvalue weighted by atomic mass is 10.2. The van der Waals surface area contributed by atoms with Crippen molar-refractivity contribution in [2.75, 3.05) is 7.05 Å². The van der Waals surface area contributed by atoms with Gasteiger partial charge in [-0.05, 0) is 26.0 Å². The Morgan fingerprint density at radius 1 is 1.24 bits per heavy atom. The zero-order chi connectivity index (χ0) is 15.6. The molecule has 0 saturated carbocycles. The molecule has 2 aromatic rings. The molecule has 1 aromatic heterocycles. The number of primary amides is 1. The molecule has 0 spiro atoms. The lowest BCUT2D eigenvalue weighted by Crippen LogP contribution is -2.33. The van der Waals surface area contributed by atoms with Crippen LogP contribution >= 0.6 is 0 Å². The summed E-state index contributed by atoms with van der Waals surface area (Å²) in [5.74, 6) is -0.875. The smallest absolute Gasteiger partial charge is 0.274 e. The lowest BCUT2D eigenvalue weighted by molar-refractivity contribution is 0.0748. The largest absolute Gasteiger partial charge is 0.364 e. The highest BCUT2D eigenvalue weighted by molar-refractivity contribution is 5.97. The first kappa shape index (κ1) is 14.8. The number of carbonyl (C=O) groups is 2. The van der Waals surface area contributed by atoms with E-state index >= 15 is 0 Å². The van der Waals surface area contributed by atoms with Crippen molar-refractivity contribution in [3.8, 4) is 5.69 Å². The van der Waals surface area contributed by atoms with Crippen LogP contribution in [0.1, 0.15) is 34.8 Å². The van der Waals surface area contributed by atoms with Crippen LogP contribution in [0.15, 0.2) is 36.4 Å². The van der Waals surface area contributed by atoms with Gasteiger partial charge in [-0.15, -0.1) is 0 Å². The highest BCUT2D eigenvalue weighted by Gasteiger charge is 2.22. The first-order valence-electron chi connectivity index (χ1n) is 6.64. The van der Waals surface area contributed by atoms with E-state index in [2.05, 4.69) is 5.10 Å². The zero-order valence-electron chi connectivity index (χ0n) is 12.3. The first-order chi connectivity index (χ1) is 9.91. The number of amides is 2. The third kappa shape index (κ3) is 2.94. The van der Waals surface area contributed by atoms with Gasteiger partial charge in [0.1, 0.15) is 5.69 Å². The summed E-state index contributed by atoms with van der Waals surface area (Å²) in [4.78, 5) is 25.4. The second kappa shape index (κ2) is 5.78. The number of benzene rings is 1. The quantitative estimate of drug-likeness (QED) is 0.923. The summed E-state index contributed by atoms with van der Waals surface area (Å²) in [6, 6.07) is 10.6. The van der Waals surface area contributed by atoms with Gasteiger partial charge in [0.25, 0.3) is 11.8 Å². The minimum Gasteiger partial charge on any atom is -0.364 e. The number of hydrogen-bond acceptors (Lipinski definition) is 3. The fourth-order valence-corrected chi connectivity index (χ4v) is 1.84. The number of rotatable bonds is 4. The van der Waals surface area contributed by atoms with Crippen LogP contribution in [0.2, 0.25) is 0 Å². The highest BCUT2D eigenvalue weighted by atomic mass is 16.2. The molecule has 0 aliphatic heterocycles. The van der Waals surface area contributed by atoms with Crippen molar-refractivity contribution < 1.29 is 9.59 Å². The second-order valence-electron chi connectivity index (χ2n) is 5.04. The fraction of sp³-hybridized carbons (Fsp3) is 0.267. The molecule has 6 nitrogen and oxygen atoms in total. The molecule has 0 bridgehead atoms. The van der Waals surface area contributed by atoms with E-state index in [-0.39, 0.29) is 23.3 Å². The number of carbonyl (C=O) groups excluding carboxylic acids is 2. The fourth-order valence-electron chi connectivity index (χ4n) is 1.84. The molecule has 21 heavy (non-hydrogen) atoms. The molecule has 0 atom stereocenters. The normalized spacial score (nSPS) is 10.7. The number of nitrogens with zero attached hydrogens (tertiary/aromatic N) is 3. The molecular formula is C15H18N4O2. The standard InChI is InChI=1S/C15H18N4O2/c1-10(2)18(3)15(21)12-9-13(14(16)20)19(17-12)11-7-5-4-6-8-11/h4-10H,1-3H3,(H2,16,20). The molecule has 1 aromatic carbocycles. The third-order valence-corrected chi connectivity index (χ3v) is 3.28. The van der Waals surface area contributed by atoms with E-state index in [0.717, 1.165) is 0 Å². The summed E-state index contributed by atoms with van der Waals surface area (Å²) in [6.45, 7) is 3.81. The van der Waals surface area contributed by atoms with E-state index in [1.165, 1.54) is 10.7 Å². The Balaban J connectivity index is 2.48. The van der Waals surface area contributed by atoms with Crippen molar-refractivity contribution in [2.24, 2.45) is 5.73 Å². The van der Waals surface area contributed by atoms with Gasteiger partial charge < -0.3 is 10.6 Å².